The van der Waals surface area contributed by atoms with E-state index in [1.54, 1.807) is 0 Å². The molecule has 1 amide bonds. The fourth-order valence-electron chi connectivity index (χ4n) is 3.09. The van der Waals surface area contributed by atoms with Crippen LogP contribution >= 0.6 is 0 Å². The number of esters is 1. The maximum absolute atomic E-state index is 11.8. The van der Waals surface area contributed by atoms with Gasteiger partial charge < -0.3 is 29.9 Å². The first-order valence-electron chi connectivity index (χ1n) is 12.1. The Bertz CT molecular complexity index is 542. The summed E-state index contributed by atoms with van der Waals surface area (Å²) in [5.41, 5.74) is 0. The van der Waals surface area contributed by atoms with Crippen LogP contribution in [-0.2, 0) is 19.1 Å². The molecule has 3 atom stereocenters. The molecule has 0 saturated heterocycles. The van der Waals surface area contributed by atoms with Crippen LogP contribution in [0, 0.1) is 5.92 Å². The van der Waals surface area contributed by atoms with E-state index in [0.717, 1.165) is 44.9 Å². The number of aliphatic hydroxyl groups is 4. The van der Waals surface area contributed by atoms with E-state index in [1.807, 2.05) is 13.8 Å². The predicted molar refractivity (Wildman–Crippen MR) is 120 cm³/mol. The van der Waals surface area contributed by atoms with Crippen molar-refractivity contribution in [1.29, 1.82) is 0 Å². The molecule has 0 spiro atoms. The van der Waals surface area contributed by atoms with Crippen molar-refractivity contribution in [3.63, 3.8) is 0 Å². The largest absolute Gasteiger partial charge is 0.516 e. The third kappa shape index (κ3) is 18.5. The first-order chi connectivity index (χ1) is 15.7. The van der Waals surface area contributed by atoms with Crippen LogP contribution in [0.15, 0.2) is 0 Å². The molecule has 0 rings (SSSR count). The van der Waals surface area contributed by atoms with Gasteiger partial charge in [0.25, 0.3) is 0 Å². The van der Waals surface area contributed by atoms with Gasteiger partial charge in [0.2, 0.25) is 0 Å². The van der Waals surface area contributed by atoms with E-state index < -0.39 is 30.4 Å². The second kappa shape index (κ2) is 19.8. The van der Waals surface area contributed by atoms with Gasteiger partial charge in [-0.05, 0) is 25.2 Å². The number of unbranched alkanes of at least 4 members (excludes halogenated alkanes) is 7. The van der Waals surface area contributed by atoms with E-state index in [-0.39, 0.29) is 44.4 Å². The van der Waals surface area contributed by atoms with Gasteiger partial charge in [-0.25, -0.2) is 9.59 Å². The zero-order chi connectivity index (χ0) is 25.1. The Morgan fingerprint density at radius 2 is 1.36 bits per heavy atom. The molecule has 10 nitrogen and oxygen atoms in total. The van der Waals surface area contributed by atoms with E-state index in [1.165, 1.54) is 5.32 Å². The molecule has 0 aromatic rings. The van der Waals surface area contributed by atoms with Crippen molar-refractivity contribution in [2.24, 2.45) is 5.92 Å². The lowest BCUT2D eigenvalue weighted by Crippen LogP contribution is -2.90. The minimum absolute atomic E-state index is 0.0326. The number of ether oxygens (including phenoxy) is 2. The fraction of sp³-hybridized carbons (Fsp3) is 0.870. The molecular formula is C23H44NO9+. The zero-order valence-corrected chi connectivity index (χ0v) is 20.1. The smallest absolute Gasteiger partial charge is 0.434 e. The molecule has 0 aliphatic rings. The van der Waals surface area contributed by atoms with Gasteiger partial charge in [0.05, 0.1) is 19.1 Å². The number of quaternary nitrogens is 1. The molecule has 3 unspecified atom stereocenters. The molecule has 0 aromatic carbocycles. The molecule has 33 heavy (non-hydrogen) atoms. The van der Waals surface area contributed by atoms with E-state index in [2.05, 4.69) is 4.74 Å². The lowest BCUT2D eigenvalue weighted by Gasteiger charge is -2.20. The minimum Gasteiger partial charge on any atom is -0.434 e. The van der Waals surface area contributed by atoms with Crippen LogP contribution in [-0.4, -0.2) is 76.5 Å². The van der Waals surface area contributed by atoms with Crippen LogP contribution in [0.2, 0.25) is 0 Å². The number of aliphatic hydroxyl groups excluding tert-OH is 4. The highest BCUT2D eigenvalue weighted by atomic mass is 16.7. The SMILES string of the molecule is CC(C)COC(=O)OC(=O)CCCCCCCCCCC(=O)[NH2+]CC(O)C(O)C(O)CCO. The van der Waals surface area contributed by atoms with Crippen LogP contribution in [0.3, 0.4) is 0 Å². The molecule has 10 heteroatoms. The highest BCUT2D eigenvalue weighted by Gasteiger charge is 2.26. The normalized spacial score (nSPS) is 14.0. The number of amides is 1. The van der Waals surface area contributed by atoms with Crippen molar-refractivity contribution in [3.8, 4) is 0 Å². The average Bonchev–Trinajstić information content (AvgIpc) is 2.76. The van der Waals surface area contributed by atoms with Gasteiger partial charge in [-0.2, -0.15) is 0 Å². The highest BCUT2D eigenvalue weighted by molar-refractivity contribution is 5.81. The lowest BCUT2D eigenvalue weighted by atomic mass is 10.1. The Balaban J connectivity index is 3.57. The Morgan fingerprint density at radius 1 is 0.818 bits per heavy atom. The van der Waals surface area contributed by atoms with Gasteiger partial charge >= 0.3 is 18.0 Å². The Labute approximate surface area is 196 Å². The summed E-state index contributed by atoms with van der Waals surface area (Å²) in [5.74, 6) is -0.476. The molecule has 194 valence electrons. The van der Waals surface area contributed by atoms with Crippen molar-refractivity contribution < 1.29 is 49.6 Å². The first kappa shape index (κ1) is 31.4. The Hall–Kier alpha value is -1.59. The first-order valence-corrected chi connectivity index (χ1v) is 12.1. The Morgan fingerprint density at radius 3 is 1.91 bits per heavy atom. The molecule has 0 bridgehead atoms. The predicted octanol–water partition coefficient (Wildman–Crippen LogP) is 0.778. The molecule has 0 aliphatic carbocycles. The minimum atomic E-state index is -1.39. The molecule has 0 fully saturated rings. The zero-order valence-electron chi connectivity index (χ0n) is 20.1. The number of hydrogen-bond acceptors (Lipinski definition) is 9. The summed E-state index contributed by atoms with van der Waals surface area (Å²) in [4.78, 5) is 34.7. The van der Waals surface area contributed by atoms with E-state index in [0.29, 0.717) is 12.8 Å². The number of carbonyl (C=O) groups excluding carboxylic acids is 3. The van der Waals surface area contributed by atoms with Crippen LogP contribution in [0.25, 0.3) is 0 Å². The molecular weight excluding hydrogens is 434 g/mol. The molecule has 0 aliphatic heterocycles. The summed E-state index contributed by atoms with van der Waals surface area (Å²) in [6.45, 7) is 3.69. The number of carbonyl (C=O) groups is 3. The molecule has 6 N–H and O–H groups in total. The maximum Gasteiger partial charge on any atom is 0.516 e. The second-order valence-electron chi connectivity index (χ2n) is 8.80. The van der Waals surface area contributed by atoms with Gasteiger partial charge in [0.15, 0.2) is 0 Å². The van der Waals surface area contributed by atoms with Crippen LogP contribution in [0.4, 0.5) is 4.79 Å². The van der Waals surface area contributed by atoms with Gasteiger partial charge in [-0.1, -0.05) is 52.4 Å². The summed E-state index contributed by atoms with van der Waals surface area (Å²) in [7, 11) is 0. The number of hydrogen-bond donors (Lipinski definition) is 5. The summed E-state index contributed by atoms with van der Waals surface area (Å²) in [6, 6.07) is 0. The Kier molecular flexibility index (Phi) is 18.9. The quantitative estimate of drug-likeness (QED) is 0.102. The van der Waals surface area contributed by atoms with E-state index >= 15 is 0 Å². The average molecular weight is 479 g/mol. The van der Waals surface area contributed by atoms with E-state index in [4.69, 9.17) is 9.84 Å². The monoisotopic (exact) mass is 478 g/mol. The standard InChI is InChI=1S/C23H43NO9/c1-17(2)16-32-23(31)33-21(29)12-10-8-6-4-3-5-7-9-11-20(28)24-15-19(27)22(30)18(26)13-14-25/h17-19,22,25-27,30H,3-16H2,1-2H3,(H,24,28)/p+1. The molecule has 0 heterocycles. The van der Waals surface area contributed by atoms with Crippen LogP contribution < -0.4 is 5.32 Å². The van der Waals surface area contributed by atoms with Crippen molar-refractivity contribution in [2.45, 2.75) is 103 Å². The number of rotatable bonds is 19. The summed E-state index contributed by atoms with van der Waals surface area (Å²) >= 11 is 0. The maximum atomic E-state index is 11.8. The van der Waals surface area contributed by atoms with Crippen molar-refractivity contribution in [2.75, 3.05) is 19.8 Å². The topological polar surface area (TPSA) is 167 Å². The van der Waals surface area contributed by atoms with Crippen molar-refractivity contribution in [1.82, 2.24) is 0 Å². The van der Waals surface area contributed by atoms with Gasteiger partial charge in [0, 0.05) is 13.0 Å². The van der Waals surface area contributed by atoms with Crippen LogP contribution in [0.5, 0.6) is 0 Å². The number of nitrogens with two attached hydrogens (primary N) is 1. The molecule has 0 aromatic heterocycles. The second-order valence-corrected chi connectivity index (χ2v) is 8.80. The molecule has 0 radical (unpaired) electrons. The summed E-state index contributed by atoms with van der Waals surface area (Å²) in [5, 5.41) is 39.1. The summed E-state index contributed by atoms with van der Waals surface area (Å²) < 4.78 is 9.37. The van der Waals surface area contributed by atoms with Crippen molar-refractivity contribution >= 4 is 18.0 Å². The summed E-state index contributed by atoms with van der Waals surface area (Å²) in [6.07, 6.45) is 3.03. The highest BCUT2D eigenvalue weighted by Crippen LogP contribution is 2.11. The van der Waals surface area contributed by atoms with Gasteiger partial charge in [-0.3, -0.25) is 10.1 Å². The third-order valence-electron chi connectivity index (χ3n) is 5.09. The van der Waals surface area contributed by atoms with Crippen LogP contribution in [0.1, 0.15) is 84.5 Å². The number of primary amides is 1. The van der Waals surface area contributed by atoms with E-state index in [9.17, 15) is 29.7 Å². The molecule has 0 saturated carbocycles. The van der Waals surface area contributed by atoms with Crippen molar-refractivity contribution in [3.05, 3.63) is 0 Å². The third-order valence-corrected chi connectivity index (χ3v) is 5.09. The van der Waals surface area contributed by atoms with Gasteiger partial charge in [0.1, 0.15) is 18.8 Å². The van der Waals surface area contributed by atoms with Gasteiger partial charge in [-0.15, -0.1) is 0 Å². The fourth-order valence-corrected chi connectivity index (χ4v) is 3.09. The lowest BCUT2D eigenvalue weighted by molar-refractivity contribution is -0.578.